The number of hydrogen-bond donors (Lipinski definition) is 1. The Morgan fingerprint density at radius 3 is 2.76 bits per heavy atom. The molecule has 0 radical (unpaired) electrons. The molecule has 0 amide bonds. The third-order valence-electron chi connectivity index (χ3n) is 3.25. The number of halogens is 1. The van der Waals surface area contributed by atoms with E-state index in [2.05, 4.69) is 5.32 Å². The molecule has 4 heteroatoms. The lowest BCUT2D eigenvalue weighted by Gasteiger charge is -2.29. The number of carbonyl (C=O) groups is 1. The van der Waals surface area contributed by atoms with Crippen LogP contribution in [0.15, 0.2) is 24.3 Å². The van der Waals surface area contributed by atoms with Crippen LogP contribution in [0.5, 0.6) is 0 Å². The molecule has 0 aliphatic carbocycles. The first-order valence-electron chi connectivity index (χ1n) is 5.78. The lowest BCUT2D eigenvalue weighted by atomic mass is 9.89. The first-order valence-corrected chi connectivity index (χ1v) is 6.16. The van der Waals surface area contributed by atoms with Gasteiger partial charge in [0.1, 0.15) is 6.04 Å². The van der Waals surface area contributed by atoms with E-state index in [1.54, 1.807) is 0 Å². The lowest BCUT2D eigenvalue weighted by Crippen LogP contribution is -2.43. The molecule has 2 atom stereocenters. The summed E-state index contributed by atoms with van der Waals surface area (Å²) in [6.45, 7) is 0.767. The van der Waals surface area contributed by atoms with E-state index in [1.807, 2.05) is 24.3 Å². The van der Waals surface area contributed by atoms with Crippen LogP contribution in [0.25, 0.3) is 0 Å². The standard InChI is InChI=1S/C13H16ClNO2/c1-17-13(16)12-7-6-9(8-15-12)10-4-2-3-5-11(10)14/h2-5,9,12,15H,6-8H2,1H3/t9-,12+/m1/s1. The summed E-state index contributed by atoms with van der Waals surface area (Å²) in [4.78, 5) is 11.4. The molecule has 0 unspecified atom stereocenters. The van der Waals surface area contributed by atoms with Crippen LogP contribution in [0.4, 0.5) is 0 Å². The summed E-state index contributed by atoms with van der Waals surface area (Å²) < 4.78 is 4.73. The monoisotopic (exact) mass is 253 g/mol. The second-order valence-electron chi connectivity index (χ2n) is 4.28. The normalized spacial score (nSPS) is 24.4. The number of benzene rings is 1. The Hall–Kier alpha value is -1.06. The van der Waals surface area contributed by atoms with E-state index in [4.69, 9.17) is 16.3 Å². The molecule has 0 spiro atoms. The first-order chi connectivity index (χ1) is 8.22. The molecule has 1 aromatic carbocycles. The van der Waals surface area contributed by atoms with E-state index in [-0.39, 0.29) is 12.0 Å². The van der Waals surface area contributed by atoms with Gasteiger partial charge in [0.25, 0.3) is 0 Å². The Balaban J connectivity index is 2.00. The van der Waals surface area contributed by atoms with Crippen molar-refractivity contribution in [1.29, 1.82) is 0 Å². The van der Waals surface area contributed by atoms with Gasteiger partial charge >= 0.3 is 5.97 Å². The van der Waals surface area contributed by atoms with Gasteiger partial charge in [-0.15, -0.1) is 0 Å². The molecular formula is C13H16ClNO2. The molecule has 1 aliphatic rings. The van der Waals surface area contributed by atoms with Crippen molar-refractivity contribution >= 4 is 17.6 Å². The van der Waals surface area contributed by atoms with Crippen LogP contribution in [-0.2, 0) is 9.53 Å². The zero-order valence-corrected chi connectivity index (χ0v) is 10.5. The maximum atomic E-state index is 11.4. The summed E-state index contributed by atoms with van der Waals surface area (Å²) in [5, 5.41) is 4.01. The third kappa shape index (κ3) is 2.79. The Morgan fingerprint density at radius 1 is 1.41 bits per heavy atom. The van der Waals surface area contributed by atoms with Crippen LogP contribution < -0.4 is 5.32 Å². The van der Waals surface area contributed by atoms with Gasteiger partial charge in [-0.3, -0.25) is 4.79 Å². The van der Waals surface area contributed by atoms with Gasteiger partial charge in [0.15, 0.2) is 0 Å². The van der Waals surface area contributed by atoms with Gasteiger partial charge in [-0.25, -0.2) is 0 Å². The summed E-state index contributed by atoms with van der Waals surface area (Å²) in [5.74, 6) is 0.201. The molecular weight excluding hydrogens is 238 g/mol. The van der Waals surface area contributed by atoms with Crippen LogP contribution in [0, 0.1) is 0 Å². The molecule has 1 saturated heterocycles. The van der Waals surface area contributed by atoms with Crippen molar-refractivity contribution in [2.45, 2.75) is 24.8 Å². The van der Waals surface area contributed by atoms with Gasteiger partial charge < -0.3 is 10.1 Å². The van der Waals surface area contributed by atoms with Gasteiger partial charge in [-0.2, -0.15) is 0 Å². The van der Waals surface area contributed by atoms with Gasteiger partial charge in [0, 0.05) is 11.6 Å². The van der Waals surface area contributed by atoms with Gasteiger partial charge in [-0.1, -0.05) is 29.8 Å². The van der Waals surface area contributed by atoms with Crippen LogP contribution >= 0.6 is 11.6 Å². The number of piperidine rings is 1. The van der Waals surface area contributed by atoms with Crippen LogP contribution in [0.2, 0.25) is 5.02 Å². The minimum absolute atomic E-state index is 0.168. The van der Waals surface area contributed by atoms with Crippen molar-refractivity contribution in [3.63, 3.8) is 0 Å². The van der Waals surface area contributed by atoms with Crippen molar-refractivity contribution in [3.05, 3.63) is 34.9 Å². The Bertz CT molecular complexity index is 400. The number of ether oxygens (including phenoxy) is 1. The molecule has 0 bridgehead atoms. The average Bonchev–Trinajstić information content (AvgIpc) is 2.39. The maximum absolute atomic E-state index is 11.4. The smallest absolute Gasteiger partial charge is 0.322 e. The molecule has 1 aromatic rings. The lowest BCUT2D eigenvalue weighted by molar-refractivity contribution is -0.143. The summed E-state index contributed by atoms with van der Waals surface area (Å²) >= 11 is 6.16. The zero-order valence-electron chi connectivity index (χ0n) is 9.78. The fourth-order valence-corrected chi connectivity index (χ4v) is 2.56. The second-order valence-corrected chi connectivity index (χ2v) is 4.69. The van der Waals surface area contributed by atoms with E-state index in [9.17, 15) is 4.79 Å². The molecule has 1 fully saturated rings. The minimum atomic E-state index is -0.178. The van der Waals surface area contributed by atoms with Gasteiger partial charge in [-0.05, 0) is 30.4 Å². The highest BCUT2D eigenvalue weighted by Gasteiger charge is 2.27. The minimum Gasteiger partial charge on any atom is -0.468 e. The number of methoxy groups -OCH3 is 1. The number of carbonyl (C=O) groups excluding carboxylic acids is 1. The first kappa shape index (κ1) is 12.4. The summed E-state index contributed by atoms with van der Waals surface area (Å²) in [7, 11) is 1.42. The Kier molecular flexibility index (Phi) is 4.02. The quantitative estimate of drug-likeness (QED) is 0.823. The number of nitrogens with one attached hydrogen (secondary N) is 1. The Labute approximate surface area is 106 Å². The molecule has 3 nitrogen and oxygen atoms in total. The average molecular weight is 254 g/mol. The number of hydrogen-bond acceptors (Lipinski definition) is 3. The van der Waals surface area contributed by atoms with Crippen molar-refractivity contribution in [2.75, 3.05) is 13.7 Å². The molecule has 17 heavy (non-hydrogen) atoms. The number of esters is 1. The van der Waals surface area contributed by atoms with Gasteiger partial charge in [0.05, 0.1) is 7.11 Å². The van der Waals surface area contributed by atoms with E-state index < -0.39 is 0 Å². The van der Waals surface area contributed by atoms with Gasteiger partial charge in [0.2, 0.25) is 0 Å². The predicted molar refractivity (Wildman–Crippen MR) is 67.2 cm³/mol. The van der Waals surface area contributed by atoms with Crippen LogP contribution in [-0.4, -0.2) is 25.7 Å². The van der Waals surface area contributed by atoms with E-state index in [0.717, 1.165) is 30.0 Å². The molecule has 2 rings (SSSR count). The third-order valence-corrected chi connectivity index (χ3v) is 3.59. The second kappa shape index (κ2) is 5.52. The predicted octanol–water partition coefficient (Wildman–Crippen LogP) is 2.35. The summed E-state index contributed by atoms with van der Waals surface area (Å²) in [6, 6.07) is 7.71. The van der Waals surface area contributed by atoms with E-state index >= 15 is 0 Å². The van der Waals surface area contributed by atoms with Crippen LogP contribution in [0.1, 0.15) is 24.3 Å². The maximum Gasteiger partial charge on any atom is 0.322 e. The molecule has 1 heterocycles. The van der Waals surface area contributed by atoms with Crippen molar-refractivity contribution in [1.82, 2.24) is 5.32 Å². The van der Waals surface area contributed by atoms with Crippen molar-refractivity contribution in [3.8, 4) is 0 Å². The van der Waals surface area contributed by atoms with Crippen molar-refractivity contribution < 1.29 is 9.53 Å². The fraction of sp³-hybridized carbons (Fsp3) is 0.462. The zero-order chi connectivity index (χ0) is 12.3. The molecule has 0 aromatic heterocycles. The highest BCUT2D eigenvalue weighted by Crippen LogP contribution is 2.30. The topological polar surface area (TPSA) is 38.3 Å². The molecule has 0 saturated carbocycles. The highest BCUT2D eigenvalue weighted by atomic mass is 35.5. The van der Waals surface area contributed by atoms with Crippen molar-refractivity contribution in [2.24, 2.45) is 0 Å². The van der Waals surface area contributed by atoms with E-state index in [0.29, 0.717) is 5.92 Å². The Morgan fingerprint density at radius 2 is 2.18 bits per heavy atom. The largest absolute Gasteiger partial charge is 0.468 e. The highest BCUT2D eigenvalue weighted by molar-refractivity contribution is 6.31. The summed E-state index contributed by atoms with van der Waals surface area (Å²) in [6.07, 6.45) is 1.75. The fourth-order valence-electron chi connectivity index (χ4n) is 2.27. The summed E-state index contributed by atoms with van der Waals surface area (Å²) in [5.41, 5.74) is 1.16. The number of rotatable bonds is 2. The van der Waals surface area contributed by atoms with Crippen LogP contribution in [0.3, 0.4) is 0 Å². The molecule has 1 aliphatic heterocycles. The molecule has 1 N–H and O–H groups in total. The SMILES string of the molecule is COC(=O)[C@@H]1CC[C@@H](c2ccccc2Cl)CN1. The molecule has 92 valence electrons. The van der Waals surface area contributed by atoms with E-state index in [1.165, 1.54) is 7.11 Å².